The Kier molecular flexibility index (Phi) is 6.20. The largest absolute Gasteiger partial charge is 0.313 e. The van der Waals surface area contributed by atoms with Gasteiger partial charge in [0.25, 0.3) is 0 Å². The van der Waals surface area contributed by atoms with Crippen LogP contribution in [0.4, 0.5) is 4.39 Å². The molecular weight excluding hydrogens is 213 g/mol. The minimum Gasteiger partial charge on any atom is -0.313 e. The Morgan fingerprint density at radius 1 is 1.06 bits per heavy atom. The molecule has 96 valence electrons. The van der Waals surface area contributed by atoms with Crippen LogP contribution in [0.5, 0.6) is 0 Å². The summed E-state index contributed by atoms with van der Waals surface area (Å²) in [5, 5.41) is 3.59. The Labute approximate surface area is 104 Å². The Morgan fingerprint density at radius 3 is 2.18 bits per heavy atom. The molecule has 0 aliphatic rings. The Balaban J connectivity index is 2.77. The summed E-state index contributed by atoms with van der Waals surface area (Å²) in [6.07, 6.45) is 3.34. The molecule has 2 heteroatoms. The lowest BCUT2D eigenvalue weighted by molar-refractivity contribution is 0.411. The molecule has 0 bridgehead atoms. The summed E-state index contributed by atoms with van der Waals surface area (Å²) in [6.45, 7) is 7.64. The number of benzene rings is 1. The van der Waals surface area contributed by atoms with Gasteiger partial charge in [-0.05, 0) is 49.4 Å². The lowest BCUT2D eigenvalue weighted by Crippen LogP contribution is -2.34. The van der Waals surface area contributed by atoms with Crippen molar-refractivity contribution < 1.29 is 4.39 Å². The van der Waals surface area contributed by atoms with Gasteiger partial charge in [-0.1, -0.05) is 32.9 Å². The van der Waals surface area contributed by atoms with E-state index >= 15 is 0 Å². The molecule has 1 N–H and O–H groups in total. The molecule has 0 aliphatic heterocycles. The second kappa shape index (κ2) is 7.44. The number of rotatable bonds is 7. The van der Waals surface area contributed by atoms with Crippen molar-refractivity contribution in [1.82, 2.24) is 5.32 Å². The summed E-state index contributed by atoms with van der Waals surface area (Å²) < 4.78 is 12.9. The quantitative estimate of drug-likeness (QED) is 0.753. The molecule has 0 saturated heterocycles. The van der Waals surface area contributed by atoms with E-state index in [9.17, 15) is 4.39 Å². The second-order valence-electron chi connectivity index (χ2n) is 4.54. The minimum absolute atomic E-state index is 0.154. The van der Waals surface area contributed by atoms with Gasteiger partial charge in [-0.3, -0.25) is 0 Å². The van der Waals surface area contributed by atoms with Crippen molar-refractivity contribution in [3.63, 3.8) is 0 Å². The van der Waals surface area contributed by atoms with Crippen LogP contribution in [0.3, 0.4) is 0 Å². The van der Waals surface area contributed by atoms with Gasteiger partial charge < -0.3 is 5.32 Å². The fourth-order valence-electron chi connectivity index (χ4n) is 2.36. The lowest BCUT2D eigenvalue weighted by atomic mass is 9.87. The standard InChI is InChI=1S/C15H24FN/c1-4-11-17-15(6-3)14(5-2)12-7-9-13(16)10-8-12/h7-10,14-15,17H,4-6,11H2,1-3H3. The average molecular weight is 237 g/mol. The van der Waals surface area contributed by atoms with Crippen molar-refractivity contribution in [2.24, 2.45) is 0 Å². The fourth-order valence-corrected chi connectivity index (χ4v) is 2.36. The van der Waals surface area contributed by atoms with E-state index < -0.39 is 0 Å². The third kappa shape index (κ3) is 4.12. The molecule has 0 aromatic heterocycles. The van der Waals surface area contributed by atoms with E-state index in [4.69, 9.17) is 0 Å². The van der Waals surface area contributed by atoms with E-state index in [-0.39, 0.29) is 5.82 Å². The number of halogens is 1. The third-order valence-electron chi connectivity index (χ3n) is 3.32. The molecule has 0 fully saturated rings. The highest BCUT2D eigenvalue weighted by Gasteiger charge is 2.19. The highest BCUT2D eigenvalue weighted by atomic mass is 19.1. The van der Waals surface area contributed by atoms with Crippen molar-refractivity contribution in [1.29, 1.82) is 0 Å². The van der Waals surface area contributed by atoms with Crippen LogP contribution in [0.1, 0.15) is 51.5 Å². The van der Waals surface area contributed by atoms with Crippen LogP contribution >= 0.6 is 0 Å². The summed E-state index contributed by atoms with van der Waals surface area (Å²) in [5.41, 5.74) is 1.24. The Bertz CT molecular complexity index is 307. The first-order valence-corrected chi connectivity index (χ1v) is 6.71. The van der Waals surface area contributed by atoms with Crippen molar-refractivity contribution >= 4 is 0 Å². The number of hydrogen-bond acceptors (Lipinski definition) is 1. The summed E-state index contributed by atoms with van der Waals surface area (Å²) in [4.78, 5) is 0. The Morgan fingerprint density at radius 2 is 1.71 bits per heavy atom. The fraction of sp³-hybridized carbons (Fsp3) is 0.600. The van der Waals surface area contributed by atoms with Gasteiger partial charge in [-0.2, -0.15) is 0 Å². The van der Waals surface area contributed by atoms with Crippen LogP contribution in [-0.2, 0) is 0 Å². The van der Waals surface area contributed by atoms with Crippen molar-refractivity contribution in [2.75, 3.05) is 6.54 Å². The topological polar surface area (TPSA) is 12.0 Å². The molecule has 1 aromatic rings. The molecule has 1 aromatic carbocycles. The first-order chi connectivity index (χ1) is 8.22. The molecule has 1 rings (SSSR count). The maximum absolute atomic E-state index is 12.9. The Hall–Kier alpha value is -0.890. The molecule has 1 nitrogen and oxygen atoms in total. The molecule has 2 atom stereocenters. The van der Waals surface area contributed by atoms with Crippen LogP contribution in [0.25, 0.3) is 0 Å². The SMILES string of the molecule is CCCNC(CC)C(CC)c1ccc(F)cc1. The molecule has 0 saturated carbocycles. The molecule has 0 radical (unpaired) electrons. The monoisotopic (exact) mass is 237 g/mol. The van der Waals surface area contributed by atoms with E-state index in [0.717, 1.165) is 25.8 Å². The molecule has 0 heterocycles. The zero-order chi connectivity index (χ0) is 12.7. The summed E-state index contributed by atoms with van der Waals surface area (Å²) in [5.74, 6) is 0.324. The smallest absolute Gasteiger partial charge is 0.123 e. The van der Waals surface area contributed by atoms with Crippen LogP contribution in [0, 0.1) is 5.82 Å². The molecular formula is C15H24FN. The van der Waals surface area contributed by atoms with E-state index in [0.29, 0.717) is 12.0 Å². The van der Waals surface area contributed by atoms with Crippen molar-refractivity contribution in [3.8, 4) is 0 Å². The minimum atomic E-state index is -0.154. The molecule has 0 amide bonds. The van der Waals surface area contributed by atoms with Gasteiger partial charge >= 0.3 is 0 Å². The zero-order valence-corrected chi connectivity index (χ0v) is 11.2. The highest BCUT2D eigenvalue weighted by molar-refractivity contribution is 5.22. The maximum Gasteiger partial charge on any atom is 0.123 e. The van der Waals surface area contributed by atoms with Crippen molar-refractivity contribution in [2.45, 2.75) is 52.0 Å². The molecule has 17 heavy (non-hydrogen) atoms. The van der Waals surface area contributed by atoms with Gasteiger partial charge in [0.05, 0.1) is 0 Å². The first-order valence-electron chi connectivity index (χ1n) is 6.71. The van der Waals surface area contributed by atoms with Crippen LogP contribution < -0.4 is 5.32 Å². The van der Waals surface area contributed by atoms with Crippen LogP contribution in [0.15, 0.2) is 24.3 Å². The number of nitrogens with one attached hydrogen (secondary N) is 1. The van der Waals surface area contributed by atoms with Gasteiger partial charge in [-0.15, -0.1) is 0 Å². The maximum atomic E-state index is 12.9. The van der Waals surface area contributed by atoms with Gasteiger partial charge in [0.1, 0.15) is 5.82 Å². The lowest BCUT2D eigenvalue weighted by Gasteiger charge is -2.26. The van der Waals surface area contributed by atoms with E-state index in [2.05, 4.69) is 26.1 Å². The predicted octanol–water partition coefficient (Wildman–Crippen LogP) is 4.10. The zero-order valence-electron chi connectivity index (χ0n) is 11.2. The summed E-state index contributed by atoms with van der Waals surface area (Å²) in [7, 11) is 0. The third-order valence-corrected chi connectivity index (χ3v) is 3.32. The number of hydrogen-bond donors (Lipinski definition) is 1. The predicted molar refractivity (Wildman–Crippen MR) is 71.8 cm³/mol. The van der Waals surface area contributed by atoms with Gasteiger partial charge in [-0.25, -0.2) is 4.39 Å². The van der Waals surface area contributed by atoms with E-state index in [1.54, 1.807) is 12.1 Å². The van der Waals surface area contributed by atoms with Crippen molar-refractivity contribution in [3.05, 3.63) is 35.6 Å². The van der Waals surface area contributed by atoms with Gasteiger partial charge in [0.15, 0.2) is 0 Å². The van der Waals surface area contributed by atoms with E-state index in [1.165, 1.54) is 5.56 Å². The van der Waals surface area contributed by atoms with Gasteiger partial charge in [0, 0.05) is 6.04 Å². The summed E-state index contributed by atoms with van der Waals surface area (Å²) in [6, 6.07) is 7.44. The first kappa shape index (κ1) is 14.2. The molecule has 0 spiro atoms. The van der Waals surface area contributed by atoms with Gasteiger partial charge in [0.2, 0.25) is 0 Å². The normalized spacial score (nSPS) is 14.6. The highest BCUT2D eigenvalue weighted by Crippen LogP contribution is 2.25. The van der Waals surface area contributed by atoms with Crippen LogP contribution in [0.2, 0.25) is 0 Å². The van der Waals surface area contributed by atoms with E-state index in [1.807, 2.05) is 12.1 Å². The van der Waals surface area contributed by atoms with Crippen LogP contribution in [-0.4, -0.2) is 12.6 Å². The average Bonchev–Trinajstić information content (AvgIpc) is 2.36. The molecule has 2 unspecified atom stereocenters. The molecule has 0 aliphatic carbocycles. The summed E-state index contributed by atoms with van der Waals surface area (Å²) >= 11 is 0. The second-order valence-corrected chi connectivity index (χ2v) is 4.54.